The molecule has 3 aliphatic rings. The first kappa shape index (κ1) is 50.0. The van der Waals surface area contributed by atoms with Gasteiger partial charge >= 0.3 is 0 Å². The highest BCUT2D eigenvalue weighted by Crippen LogP contribution is 2.65. The molecule has 0 bridgehead atoms. The molecule has 7 heteroatoms. The predicted octanol–water partition coefficient (Wildman–Crippen LogP) is 24.1. The third-order valence-corrected chi connectivity index (χ3v) is 21.7. The number of furan rings is 1. The zero-order valence-corrected chi connectivity index (χ0v) is 49.5. The Kier molecular flexibility index (Phi) is 11.4. The lowest BCUT2D eigenvalue weighted by Gasteiger charge is -2.40. The number of anilines is 6. The van der Waals surface area contributed by atoms with Crippen LogP contribution in [0.5, 0.6) is 0 Å². The van der Waals surface area contributed by atoms with Crippen molar-refractivity contribution >= 4 is 148 Å². The summed E-state index contributed by atoms with van der Waals surface area (Å²) in [6.45, 7) is 0. The van der Waals surface area contributed by atoms with Crippen molar-refractivity contribution in [1.82, 2.24) is 0 Å². The molecular weight excluding hydrogens is 1120 g/mol. The molecule has 18 rings (SSSR count). The Morgan fingerprint density at radius 2 is 1.08 bits per heavy atom. The van der Waals surface area contributed by atoms with Crippen LogP contribution in [0.2, 0.25) is 5.02 Å². The van der Waals surface area contributed by atoms with Gasteiger partial charge in [0.1, 0.15) is 11.2 Å². The summed E-state index contributed by atoms with van der Waals surface area (Å²) >= 11 is 13.0. The number of hydrogen-bond acceptors (Lipinski definition) is 6. The van der Waals surface area contributed by atoms with E-state index in [-0.39, 0.29) is 0 Å². The van der Waals surface area contributed by atoms with E-state index in [0.29, 0.717) is 5.02 Å². The van der Waals surface area contributed by atoms with Crippen molar-refractivity contribution in [3.05, 3.63) is 306 Å². The Balaban J connectivity index is 0.915. The van der Waals surface area contributed by atoms with E-state index in [1.54, 1.807) is 0 Å². The first-order valence-electron chi connectivity index (χ1n) is 29.3. The summed E-state index contributed by atoms with van der Waals surface area (Å²) in [6.07, 6.45) is 9.01. The smallest absolute Gasteiger partial charge is 0.138 e. The van der Waals surface area contributed by atoms with Crippen LogP contribution in [-0.4, -0.2) is 0 Å². The second kappa shape index (κ2) is 19.6. The molecule has 3 nitrogen and oxygen atoms in total. The van der Waals surface area contributed by atoms with Crippen molar-refractivity contribution in [1.29, 1.82) is 0 Å². The average Bonchev–Trinajstić information content (AvgIpc) is 1.60. The van der Waals surface area contributed by atoms with E-state index < -0.39 is 5.41 Å². The molecule has 406 valence electrons. The van der Waals surface area contributed by atoms with Crippen LogP contribution in [0, 0.1) is 0 Å². The Bertz CT molecular complexity index is 5380. The monoisotopic (exact) mass is 1170 g/mol. The van der Waals surface area contributed by atoms with E-state index in [1.165, 1.54) is 83.5 Å². The number of allylic oxidation sites excluding steroid dienone is 4. The Labute approximate surface area is 514 Å². The molecular formula is C79H49ClN2OS3. The lowest BCUT2D eigenvalue weighted by Crippen LogP contribution is -2.32. The summed E-state index contributed by atoms with van der Waals surface area (Å²) in [5, 5.41) is 7.94. The van der Waals surface area contributed by atoms with Gasteiger partial charge in [0, 0.05) is 106 Å². The van der Waals surface area contributed by atoms with Crippen LogP contribution in [0.4, 0.5) is 34.1 Å². The van der Waals surface area contributed by atoms with Crippen molar-refractivity contribution in [2.24, 2.45) is 0 Å². The zero-order valence-electron chi connectivity index (χ0n) is 46.3. The van der Waals surface area contributed by atoms with Crippen LogP contribution in [0.25, 0.3) is 90.1 Å². The van der Waals surface area contributed by atoms with Crippen molar-refractivity contribution in [2.45, 2.75) is 28.0 Å². The maximum atomic E-state index is 7.43. The molecule has 1 spiro atoms. The third-order valence-electron chi connectivity index (χ3n) is 17.9. The van der Waals surface area contributed by atoms with Crippen LogP contribution in [-0.2, 0) is 5.41 Å². The molecule has 0 amide bonds. The van der Waals surface area contributed by atoms with Crippen molar-refractivity contribution in [2.75, 3.05) is 9.80 Å². The lowest BCUT2D eigenvalue weighted by atomic mass is 9.67. The van der Waals surface area contributed by atoms with Gasteiger partial charge in [-0.3, -0.25) is 0 Å². The fourth-order valence-corrected chi connectivity index (χ4v) is 18.0. The average molecular weight is 1170 g/mol. The summed E-state index contributed by atoms with van der Waals surface area (Å²) in [7, 11) is 0. The van der Waals surface area contributed by atoms with Crippen LogP contribution >= 0.6 is 46.0 Å². The van der Waals surface area contributed by atoms with Crippen LogP contribution in [0.3, 0.4) is 0 Å². The lowest BCUT2D eigenvalue weighted by molar-refractivity contribution is 0.669. The number of rotatable bonds is 8. The van der Waals surface area contributed by atoms with E-state index in [0.717, 1.165) is 91.2 Å². The van der Waals surface area contributed by atoms with Gasteiger partial charge in [0.2, 0.25) is 0 Å². The van der Waals surface area contributed by atoms with Gasteiger partial charge in [-0.25, -0.2) is 0 Å². The molecule has 3 aromatic heterocycles. The Morgan fingerprint density at radius 3 is 1.93 bits per heavy atom. The standard InChI is InChI=1S/C79H49ClN2OS3/c80-50-35-38-58-66(41-50)79(64-28-13-17-34-74(64)85-75-40-37-53(46-67(75)79)81(51-23-8-3-9-24-51)54-44-61(49-21-6-2-7-22-49)78-63(45-54)57-26-12-16-33-72(57)86-78)65-29-18-30-68(77(58)65)82(52-36-39-73-62(42-52)56-25-11-15-32-71(56)84-73)55-43-60(48-19-4-1-5-20-48)76-59-27-10-14-31-69(59)83-70(76)47-55/h2-4,6-47H,1,5H2. The molecule has 1 atom stereocenters. The predicted molar refractivity (Wildman–Crippen MR) is 367 cm³/mol. The normalized spacial score (nSPS) is 15.0. The molecule has 15 aromatic rings. The summed E-state index contributed by atoms with van der Waals surface area (Å²) in [4.78, 5) is 7.41. The Hall–Kier alpha value is -9.40. The second-order valence-corrected chi connectivity index (χ2v) is 26.3. The number of halogens is 1. The van der Waals surface area contributed by atoms with Gasteiger partial charge in [0.05, 0.1) is 16.8 Å². The number of nitrogens with zero attached hydrogens (tertiary/aromatic N) is 2. The number of hydrogen-bond donors (Lipinski definition) is 0. The first-order valence-corrected chi connectivity index (χ1v) is 32.1. The molecule has 4 heterocycles. The largest absolute Gasteiger partial charge is 0.456 e. The molecule has 0 saturated carbocycles. The van der Waals surface area contributed by atoms with Crippen LogP contribution < -0.4 is 9.80 Å². The van der Waals surface area contributed by atoms with Gasteiger partial charge in [0.25, 0.3) is 0 Å². The third kappa shape index (κ3) is 7.53. The molecule has 12 aromatic carbocycles. The number of thiophene rings is 2. The van der Waals surface area contributed by atoms with Crippen molar-refractivity contribution in [3.8, 4) is 22.3 Å². The minimum atomic E-state index is -0.797. The zero-order chi connectivity index (χ0) is 56.6. The molecule has 1 aliphatic heterocycles. The van der Waals surface area contributed by atoms with Gasteiger partial charge in [-0.05, 0) is 167 Å². The molecule has 0 N–H and O–H groups in total. The summed E-state index contributed by atoms with van der Waals surface area (Å²) in [5.74, 6) is 0. The van der Waals surface area contributed by atoms with E-state index >= 15 is 0 Å². The SMILES string of the molecule is Clc1ccc2c(c1)C1(c3ccccc3Sc3ccc(N(c4ccccc4)c4cc(-c5ccccc5)c5sc6ccccc6c5c4)cc31)c1cccc(N(c3cc(C4=CCCC=C4)c4c(c3)oc3ccccc34)c3ccc4sc5ccccc5c4c3)c1-2. The van der Waals surface area contributed by atoms with Crippen molar-refractivity contribution < 1.29 is 4.42 Å². The van der Waals surface area contributed by atoms with Crippen LogP contribution in [0.1, 0.15) is 40.7 Å². The second-order valence-electron chi connectivity index (χ2n) is 22.6. The minimum absolute atomic E-state index is 0.696. The fraction of sp³-hybridized carbons (Fsp3) is 0.0380. The highest BCUT2D eigenvalue weighted by Gasteiger charge is 2.52. The Morgan fingerprint density at radius 1 is 0.407 bits per heavy atom. The van der Waals surface area contributed by atoms with E-state index in [2.05, 4.69) is 283 Å². The fourth-order valence-electron chi connectivity index (χ4n) is 14.3. The molecule has 0 radical (unpaired) electrons. The number of para-hydroxylation sites is 2. The molecule has 86 heavy (non-hydrogen) atoms. The van der Waals surface area contributed by atoms with Gasteiger partial charge in [0.15, 0.2) is 0 Å². The van der Waals surface area contributed by atoms with Crippen LogP contribution in [0.15, 0.2) is 287 Å². The summed E-state index contributed by atoms with van der Waals surface area (Å²) in [6, 6.07) is 94.4. The topological polar surface area (TPSA) is 19.6 Å². The number of benzene rings is 12. The van der Waals surface area contributed by atoms with E-state index in [9.17, 15) is 0 Å². The van der Waals surface area contributed by atoms with Gasteiger partial charge in [-0.15, -0.1) is 22.7 Å². The minimum Gasteiger partial charge on any atom is -0.456 e. The highest BCUT2D eigenvalue weighted by atomic mass is 35.5. The number of fused-ring (bicyclic) bond motifs is 18. The van der Waals surface area contributed by atoms with E-state index in [1.807, 2.05) is 34.4 Å². The maximum absolute atomic E-state index is 7.43. The summed E-state index contributed by atoms with van der Waals surface area (Å²) in [5.41, 5.74) is 19.2. The van der Waals surface area contributed by atoms with E-state index in [4.69, 9.17) is 16.0 Å². The van der Waals surface area contributed by atoms with Gasteiger partial charge < -0.3 is 14.2 Å². The quantitative estimate of drug-likeness (QED) is 0.151. The van der Waals surface area contributed by atoms with Crippen molar-refractivity contribution in [3.63, 3.8) is 0 Å². The molecule has 2 aliphatic carbocycles. The molecule has 0 fully saturated rings. The molecule has 1 unspecified atom stereocenters. The van der Waals surface area contributed by atoms with Gasteiger partial charge in [-0.1, -0.05) is 181 Å². The highest BCUT2D eigenvalue weighted by molar-refractivity contribution is 7.99. The van der Waals surface area contributed by atoms with Gasteiger partial charge in [-0.2, -0.15) is 0 Å². The first-order chi connectivity index (χ1) is 42.5. The summed E-state index contributed by atoms with van der Waals surface area (Å²) < 4.78 is 12.0. The maximum Gasteiger partial charge on any atom is 0.138 e. The molecule has 0 saturated heterocycles.